The molecule has 1 amide bonds. The number of nitrogens with zero attached hydrogens (tertiary/aromatic N) is 2. The SMILES string of the molecule is O=C(COc1ccccc1)N1CCN(C2CC2)CC1Cc1ccccc1. The molecule has 4 rings (SSSR count). The molecule has 0 aromatic heterocycles. The van der Waals surface area contributed by atoms with Crippen LogP contribution in [0.25, 0.3) is 0 Å². The minimum Gasteiger partial charge on any atom is -0.484 e. The molecule has 4 heteroatoms. The molecular formula is C22H26N2O2. The normalized spacial score (nSPS) is 20.8. The molecular weight excluding hydrogens is 324 g/mol. The molecule has 2 aliphatic rings. The Kier molecular flexibility index (Phi) is 5.21. The molecule has 4 nitrogen and oxygen atoms in total. The number of ether oxygens (including phenoxy) is 1. The molecule has 1 aliphatic carbocycles. The Balaban J connectivity index is 1.42. The predicted octanol–water partition coefficient (Wildman–Crippen LogP) is 2.98. The van der Waals surface area contributed by atoms with E-state index in [4.69, 9.17) is 4.74 Å². The standard InChI is InChI=1S/C22H26N2O2/c25-22(17-26-21-9-5-2-6-10-21)24-14-13-23(19-11-12-19)16-20(24)15-18-7-3-1-4-8-18/h1-10,19-20H,11-17H2. The van der Waals surface area contributed by atoms with Crippen molar-refractivity contribution in [1.29, 1.82) is 0 Å². The lowest BCUT2D eigenvalue weighted by Gasteiger charge is -2.41. The quantitative estimate of drug-likeness (QED) is 0.803. The first-order valence-corrected chi connectivity index (χ1v) is 9.55. The van der Waals surface area contributed by atoms with Crippen molar-refractivity contribution in [3.63, 3.8) is 0 Å². The highest BCUT2D eigenvalue weighted by molar-refractivity contribution is 5.78. The molecule has 0 N–H and O–H groups in total. The fourth-order valence-corrected chi connectivity index (χ4v) is 3.78. The van der Waals surface area contributed by atoms with E-state index in [1.165, 1.54) is 18.4 Å². The summed E-state index contributed by atoms with van der Waals surface area (Å²) in [5.41, 5.74) is 1.29. The van der Waals surface area contributed by atoms with Crippen molar-refractivity contribution in [3.05, 3.63) is 66.2 Å². The minimum absolute atomic E-state index is 0.0882. The molecule has 136 valence electrons. The summed E-state index contributed by atoms with van der Waals surface area (Å²) in [5, 5.41) is 0. The van der Waals surface area contributed by atoms with Gasteiger partial charge in [-0.05, 0) is 37.0 Å². The number of carbonyl (C=O) groups is 1. The van der Waals surface area contributed by atoms with Gasteiger partial charge in [-0.3, -0.25) is 9.69 Å². The first-order chi connectivity index (χ1) is 12.8. The summed E-state index contributed by atoms with van der Waals surface area (Å²) in [6.07, 6.45) is 3.52. The summed E-state index contributed by atoms with van der Waals surface area (Å²) in [6.45, 7) is 2.85. The third kappa shape index (κ3) is 4.25. The number of para-hydroxylation sites is 1. The summed E-state index contributed by atoms with van der Waals surface area (Å²) in [6, 6.07) is 21.0. The molecule has 1 heterocycles. The van der Waals surface area contributed by atoms with Gasteiger partial charge in [0, 0.05) is 31.7 Å². The van der Waals surface area contributed by atoms with Gasteiger partial charge in [-0.25, -0.2) is 0 Å². The fraction of sp³-hybridized carbons (Fsp3) is 0.409. The van der Waals surface area contributed by atoms with Crippen molar-refractivity contribution in [2.75, 3.05) is 26.2 Å². The molecule has 1 saturated carbocycles. The van der Waals surface area contributed by atoms with Crippen LogP contribution >= 0.6 is 0 Å². The average Bonchev–Trinajstić information content (AvgIpc) is 3.53. The molecule has 0 bridgehead atoms. The number of carbonyl (C=O) groups excluding carboxylic acids is 1. The Hall–Kier alpha value is -2.33. The van der Waals surface area contributed by atoms with Gasteiger partial charge in [-0.2, -0.15) is 0 Å². The van der Waals surface area contributed by atoms with Crippen LogP contribution in [0.5, 0.6) is 5.75 Å². The highest BCUT2D eigenvalue weighted by Crippen LogP contribution is 2.29. The van der Waals surface area contributed by atoms with Gasteiger partial charge in [-0.1, -0.05) is 48.5 Å². The van der Waals surface area contributed by atoms with Crippen molar-refractivity contribution in [2.45, 2.75) is 31.3 Å². The van der Waals surface area contributed by atoms with Gasteiger partial charge in [0.25, 0.3) is 5.91 Å². The summed E-state index contributed by atoms with van der Waals surface area (Å²) < 4.78 is 5.70. The first-order valence-electron chi connectivity index (χ1n) is 9.55. The molecule has 1 atom stereocenters. The van der Waals surface area contributed by atoms with E-state index in [9.17, 15) is 4.79 Å². The maximum Gasteiger partial charge on any atom is 0.260 e. The fourth-order valence-electron chi connectivity index (χ4n) is 3.78. The lowest BCUT2D eigenvalue weighted by Crippen LogP contribution is -2.57. The van der Waals surface area contributed by atoms with E-state index in [0.717, 1.165) is 37.8 Å². The maximum atomic E-state index is 12.8. The van der Waals surface area contributed by atoms with E-state index >= 15 is 0 Å². The predicted molar refractivity (Wildman–Crippen MR) is 102 cm³/mol. The topological polar surface area (TPSA) is 32.8 Å². The van der Waals surface area contributed by atoms with Gasteiger partial charge in [0.2, 0.25) is 0 Å². The molecule has 2 aromatic carbocycles. The average molecular weight is 350 g/mol. The maximum absolute atomic E-state index is 12.8. The lowest BCUT2D eigenvalue weighted by molar-refractivity contribution is -0.138. The molecule has 0 spiro atoms. The van der Waals surface area contributed by atoms with Gasteiger partial charge in [0.1, 0.15) is 5.75 Å². The van der Waals surface area contributed by atoms with Crippen LogP contribution < -0.4 is 4.74 Å². The second-order valence-corrected chi connectivity index (χ2v) is 7.26. The summed E-state index contributed by atoms with van der Waals surface area (Å²) in [5.74, 6) is 0.835. The number of hydrogen-bond acceptors (Lipinski definition) is 3. The molecule has 1 saturated heterocycles. The van der Waals surface area contributed by atoms with Gasteiger partial charge in [-0.15, -0.1) is 0 Å². The number of amides is 1. The van der Waals surface area contributed by atoms with Crippen LogP contribution in [-0.4, -0.2) is 54.0 Å². The summed E-state index contributed by atoms with van der Waals surface area (Å²) in [7, 11) is 0. The van der Waals surface area contributed by atoms with E-state index in [2.05, 4.69) is 29.2 Å². The van der Waals surface area contributed by atoms with Gasteiger partial charge in [0.05, 0.1) is 0 Å². The van der Waals surface area contributed by atoms with E-state index in [1.54, 1.807) is 0 Å². The largest absolute Gasteiger partial charge is 0.484 e. The summed E-state index contributed by atoms with van der Waals surface area (Å²) in [4.78, 5) is 17.4. The van der Waals surface area contributed by atoms with E-state index in [-0.39, 0.29) is 18.6 Å². The highest BCUT2D eigenvalue weighted by Gasteiger charge is 2.37. The smallest absolute Gasteiger partial charge is 0.260 e. The Labute approximate surface area is 155 Å². The van der Waals surface area contributed by atoms with Crippen LogP contribution in [-0.2, 0) is 11.2 Å². The Morgan fingerprint density at radius 3 is 2.35 bits per heavy atom. The highest BCUT2D eigenvalue weighted by atomic mass is 16.5. The van der Waals surface area contributed by atoms with Crippen molar-refractivity contribution in [3.8, 4) is 5.75 Å². The zero-order valence-electron chi connectivity index (χ0n) is 15.1. The molecule has 1 unspecified atom stereocenters. The molecule has 26 heavy (non-hydrogen) atoms. The third-order valence-corrected chi connectivity index (χ3v) is 5.32. The Morgan fingerprint density at radius 1 is 0.962 bits per heavy atom. The van der Waals surface area contributed by atoms with Crippen molar-refractivity contribution in [1.82, 2.24) is 9.80 Å². The molecule has 2 aromatic rings. The van der Waals surface area contributed by atoms with Crippen LogP contribution in [0.15, 0.2) is 60.7 Å². The number of rotatable bonds is 6. The number of piperazine rings is 1. The zero-order valence-corrected chi connectivity index (χ0v) is 15.1. The number of benzene rings is 2. The van der Waals surface area contributed by atoms with Crippen molar-refractivity contribution in [2.24, 2.45) is 0 Å². The van der Waals surface area contributed by atoms with Crippen LogP contribution in [0, 0.1) is 0 Å². The molecule has 0 radical (unpaired) electrons. The van der Waals surface area contributed by atoms with Crippen LogP contribution in [0.4, 0.5) is 0 Å². The van der Waals surface area contributed by atoms with E-state index < -0.39 is 0 Å². The Morgan fingerprint density at radius 2 is 1.65 bits per heavy atom. The zero-order chi connectivity index (χ0) is 17.8. The van der Waals surface area contributed by atoms with Crippen LogP contribution in [0.2, 0.25) is 0 Å². The van der Waals surface area contributed by atoms with E-state index in [0.29, 0.717) is 0 Å². The molecule has 1 aliphatic heterocycles. The van der Waals surface area contributed by atoms with Crippen LogP contribution in [0.3, 0.4) is 0 Å². The molecule has 2 fully saturated rings. The number of hydrogen-bond donors (Lipinski definition) is 0. The van der Waals surface area contributed by atoms with Gasteiger partial charge in [0.15, 0.2) is 6.61 Å². The third-order valence-electron chi connectivity index (χ3n) is 5.32. The monoisotopic (exact) mass is 350 g/mol. The Bertz CT molecular complexity index is 715. The summed E-state index contributed by atoms with van der Waals surface area (Å²) >= 11 is 0. The van der Waals surface area contributed by atoms with Crippen molar-refractivity contribution < 1.29 is 9.53 Å². The lowest BCUT2D eigenvalue weighted by atomic mass is 10.0. The van der Waals surface area contributed by atoms with Crippen LogP contribution in [0.1, 0.15) is 18.4 Å². The van der Waals surface area contributed by atoms with Gasteiger partial charge >= 0.3 is 0 Å². The van der Waals surface area contributed by atoms with Gasteiger partial charge < -0.3 is 9.64 Å². The van der Waals surface area contributed by atoms with E-state index in [1.807, 2.05) is 41.3 Å². The van der Waals surface area contributed by atoms with Crippen molar-refractivity contribution >= 4 is 5.91 Å². The second-order valence-electron chi connectivity index (χ2n) is 7.26. The first kappa shape index (κ1) is 17.1. The second kappa shape index (κ2) is 7.92. The minimum atomic E-state index is 0.0882.